The molecule has 0 spiro atoms. The minimum atomic E-state index is -3.17. The summed E-state index contributed by atoms with van der Waals surface area (Å²) in [6.45, 7) is 6.95. The van der Waals surface area contributed by atoms with Crippen molar-refractivity contribution in [1.29, 1.82) is 0 Å². The van der Waals surface area contributed by atoms with E-state index in [4.69, 9.17) is 0 Å². The molecule has 1 fully saturated rings. The molecule has 0 bridgehead atoms. The van der Waals surface area contributed by atoms with Gasteiger partial charge < -0.3 is 5.32 Å². The largest absolute Gasteiger partial charge is 0.316 e. The summed E-state index contributed by atoms with van der Waals surface area (Å²) in [5, 5.41) is 3.27. The Morgan fingerprint density at radius 3 is 2.50 bits per heavy atom. The van der Waals surface area contributed by atoms with Crippen LogP contribution in [-0.4, -0.2) is 37.8 Å². The lowest BCUT2D eigenvalue weighted by molar-refractivity contribution is -0.119. The fraction of sp³-hybridized carbons (Fsp3) is 0.923. The third kappa shape index (κ3) is 4.69. The average Bonchev–Trinajstić information content (AvgIpc) is 2.26. The van der Waals surface area contributed by atoms with Crippen LogP contribution < -0.4 is 5.32 Å². The van der Waals surface area contributed by atoms with Gasteiger partial charge in [-0.15, -0.1) is 0 Å². The molecule has 0 aromatic heterocycles. The van der Waals surface area contributed by atoms with Crippen LogP contribution in [0.5, 0.6) is 0 Å². The molecule has 1 unspecified atom stereocenters. The maximum atomic E-state index is 11.9. The van der Waals surface area contributed by atoms with Gasteiger partial charge in [0, 0.05) is 12.8 Å². The smallest absolute Gasteiger partial charge is 0.155 e. The molecule has 4 nitrogen and oxygen atoms in total. The minimum absolute atomic E-state index is 0.0184. The molecule has 18 heavy (non-hydrogen) atoms. The first kappa shape index (κ1) is 15.6. The first-order valence-electron chi connectivity index (χ1n) is 6.67. The number of ketones is 1. The average molecular weight is 275 g/mol. The van der Waals surface area contributed by atoms with Gasteiger partial charge in [0.15, 0.2) is 9.84 Å². The van der Waals surface area contributed by atoms with E-state index in [1.54, 1.807) is 20.8 Å². The van der Waals surface area contributed by atoms with Gasteiger partial charge in [0.25, 0.3) is 0 Å². The topological polar surface area (TPSA) is 63.2 Å². The van der Waals surface area contributed by atoms with Crippen molar-refractivity contribution in [1.82, 2.24) is 5.32 Å². The molecule has 1 aliphatic rings. The second kappa shape index (κ2) is 6.15. The van der Waals surface area contributed by atoms with E-state index < -0.39 is 14.6 Å². The molecule has 0 radical (unpaired) electrons. The molecule has 0 saturated carbocycles. The van der Waals surface area contributed by atoms with Crippen LogP contribution in [0.4, 0.5) is 0 Å². The first-order valence-corrected chi connectivity index (χ1v) is 8.32. The number of piperidine rings is 1. The summed E-state index contributed by atoms with van der Waals surface area (Å²) in [6.07, 6.45) is 2.87. The molecular weight excluding hydrogens is 250 g/mol. The summed E-state index contributed by atoms with van der Waals surface area (Å²) in [5.41, 5.74) is 0. The molecule has 0 amide bonds. The van der Waals surface area contributed by atoms with E-state index in [-0.39, 0.29) is 18.0 Å². The van der Waals surface area contributed by atoms with Crippen molar-refractivity contribution in [2.24, 2.45) is 5.92 Å². The molecule has 1 heterocycles. The molecular formula is C13H25NO3S. The number of carbonyl (C=O) groups is 1. The SMILES string of the molecule is CC(C)(C)S(=O)(=O)CCC(=O)CC1CCCNC1. The van der Waals surface area contributed by atoms with E-state index in [0.717, 1.165) is 25.9 Å². The van der Waals surface area contributed by atoms with Gasteiger partial charge in [-0.25, -0.2) is 8.42 Å². The van der Waals surface area contributed by atoms with Crippen molar-refractivity contribution in [3.05, 3.63) is 0 Å². The summed E-state index contributed by atoms with van der Waals surface area (Å²) in [4.78, 5) is 11.8. The van der Waals surface area contributed by atoms with Gasteiger partial charge in [0.2, 0.25) is 0 Å². The molecule has 5 heteroatoms. The van der Waals surface area contributed by atoms with Gasteiger partial charge in [0.05, 0.1) is 10.5 Å². The third-order valence-electron chi connectivity index (χ3n) is 3.50. The summed E-state index contributed by atoms with van der Waals surface area (Å²) in [5.74, 6) is 0.454. The Morgan fingerprint density at radius 2 is 2.00 bits per heavy atom. The highest BCUT2D eigenvalue weighted by Gasteiger charge is 2.29. The van der Waals surface area contributed by atoms with Gasteiger partial charge in [-0.05, 0) is 52.6 Å². The van der Waals surface area contributed by atoms with Crippen LogP contribution in [0.25, 0.3) is 0 Å². The zero-order valence-corrected chi connectivity index (χ0v) is 12.5. The molecule has 0 aromatic carbocycles. The minimum Gasteiger partial charge on any atom is -0.316 e. The fourth-order valence-electron chi connectivity index (χ4n) is 2.08. The number of hydrogen-bond donors (Lipinski definition) is 1. The Balaban J connectivity index is 2.37. The van der Waals surface area contributed by atoms with Crippen LogP contribution in [0.2, 0.25) is 0 Å². The van der Waals surface area contributed by atoms with Crippen LogP contribution in [-0.2, 0) is 14.6 Å². The normalized spacial score (nSPS) is 21.8. The Hall–Kier alpha value is -0.420. The highest BCUT2D eigenvalue weighted by Crippen LogP contribution is 2.19. The second-order valence-corrected chi connectivity index (χ2v) is 9.00. The van der Waals surface area contributed by atoms with Crippen molar-refractivity contribution < 1.29 is 13.2 Å². The number of Topliss-reactive ketones (excluding diaryl/α,β-unsaturated/α-hetero) is 1. The van der Waals surface area contributed by atoms with Crippen molar-refractivity contribution in [2.75, 3.05) is 18.8 Å². The van der Waals surface area contributed by atoms with Crippen LogP contribution >= 0.6 is 0 Å². The maximum Gasteiger partial charge on any atom is 0.155 e. The maximum absolute atomic E-state index is 11.9. The van der Waals surface area contributed by atoms with Gasteiger partial charge in [-0.1, -0.05) is 0 Å². The van der Waals surface area contributed by atoms with E-state index in [1.165, 1.54) is 0 Å². The molecule has 106 valence electrons. The van der Waals surface area contributed by atoms with Gasteiger partial charge in [0.1, 0.15) is 5.78 Å². The van der Waals surface area contributed by atoms with E-state index in [9.17, 15) is 13.2 Å². The Labute approximate surface area is 110 Å². The van der Waals surface area contributed by atoms with E-state index >= 15 is 0 Å². The summed E-state index contributed by atoms with van der Waals surface area (Å²) in [6, 6.07) is 0. The molecule has 0 aromatic rings. The fourth-order valence-corrected chi connectivity index (χ4v) is 3.19. The van der Waals surface area contributed by atoms with Crippen LogP contribution in [0.15, 0.2) is 0 Å². The zero-order chi connectivity index (χ0) is 13.8. The van der Waals surface area contributed by atoms with E-state index in [0.29, 0.717) is 12.3 Å². The van der Waals surface area contributed by atoms with Crippen molar-refractivity contribution >= 4 is 15.6 Å². The van der Waals surface area contributed by atoms with E-state index in [1.807, 2.05) is 0 Å². The van der Waals surface area contributed by atoms with Crippen LogP contribution in [0.1, 0.15) is 46.5 Å². The number of nitrogens with one attached hydrogen (secondary N) is 1. The predicted molar refractivity (Wildman–Crippen MR) is 73.4 cm³/mol. The van der Waals surface area contributed by atoms with Crippen molar-refractivity contribution in [2.45, 2.75) is 51.2 Å². The third-order valence-corrected chi connectivity index (χ3v) is 6.11. The van der Waals surface area contributed by atoms with Gasteiger partial charge in [-0.2, -0.15) is 0 Å². The molecule has 1 N–H and O–H groups in total. The van der Waals surface area contributed by atoms with Gasteiger partial charge in [-0.3, -0.25) is 4.79 Å². The number of rotatable bonds is 5. The van der Waals surface area contributed by atoms with Crippen LogP contribution in [0, 0.1) is 5.92 Å². The Morgan fingerprint density at radius 1 is 1.33 bits per heavy atom. The highest BCUT2D eigenvalue weighted by atomic mass is 32.2. The summed E-state index contributed by atoms with van der Waals surface area (Å²) < 4.78 is 23.0. The standard InChI is InChI=1S/C13H25NO3S/c1-13(2,3)18(16,17)8-6-12(15)9-11-5-4-7-14-10-11/h11,14H,4-10H2,1-3H3. The quantitative estimate of drug-likeness (QED) is 0.827. The van der Waals surface area contributed by atoms with Crippen LogP contribution in [0.3, 0.4) is 0 Å². The lowest BCUT2D eigenvalue weighted by atomic mass is 9.93. The van der Waals surface area contributed by atoms with Crippen molar-refractivity contribution in [3.63, 3.8) is 0 Å². The number of sulfone groups is 1. The Bertz CT molecular complexity index is 376. The molecule has 1 atom stereocenters. The Kier molecular flexibility index (Phi) is 5.34. The first-order chi connectivity index (χ1) is 8.22. The molecule has 1 rings (SSSR count). The number of hydrogen-bond acceptors (Lipinski definition) is 4. The van der Waals surface area contributed by atoms with E-state index in [2.05, 4.69) is 5.32 Å². The molecule has 0 aliphatic carbocycles. The highest BCUT2D eigenvalue weighted by molar-refractivity contribution is 7.92. The molecule has 1 aliphatic heterocycles. The second-order valence-electron chi connectivity index (χ2n) is 6.14. The predicted octanol–water partition coefficient (Wildman–Crippen LogP) is 1.55. The monoisotopic (exact) mass is 275 g/mol. The summed E-state index contributed by atoms with van der Waals surface area (Å²) in [7, 11) is -3.17. The zero-order valence-electron chi connectivity index (χ0n) is 11.7. The number of carbonyl (C=O) groups excluding carboxylic acids is 1. The molecule has 1 saturated heterocycles. The lowest BCUT2D eigenvalue weighted by Crippen LogP contribution is -2.33. The van der Waals surface area contributed by atoms with Crippen molar-refractivity contribution in [3.8, 4) is 0 Å². The van der Waals surface area contributed by atoms with Gasteiger partial charge >= 0.3 is 0 Å². The lowest BCUT2D eigenvalue weighted by Gasteiger charge is -2.22. The summed E-state index contributed by atoms with van der Waals surface area (Å²) >= 11 is 0.